The second-order valence-corrected chi connectivity index (χ2v) is 7.01. The summed E-state index contributed by atoms with van der Waals surface area (Å²) < 4.78 is 16.9. The van der Waals surface area contributed by atoms with Gasteiger partial charge in [-0.3, -0.25) is 4.79 Å². The molecule has 0 saturated carbocycles. The van der Waals surface area contributed by atoms with Crippen molar-refractivity contribution in [3.05, 3.63) is 45.1 Å². The zero-order valence-corrected chi connectivity index (χ0v) is 15.3. The van der Waals surface area contributed by atoms with Gasteiger partial charge in [-0.25, -0.2) is 4.79 Å². The number of Topliss-reactive ketones (excluding diaryl/α,β-unsaturated/α-hetero) is 1. The van der Waals surface area contributed by atoms with Gasteiger partial charge in [0.1, 0.15) is 29.1 Å². The Labute approximate surface area is 150 Å². The molecule has 1 atom stereocenters. The van der Waals surface area contributed by atoms with Crippen LogP contribution in [0.15, 0.2) is 24.3 Å². The highest BCUT2D eigenvalue weighted by Crippen LogP contribution is 2.35. The van der Waals surface area contributed by atoms with Gasteiger partial charge < -0.3 is 14.2 Å². The fourth-order valence-electron chi connectivity index (χ4n) is 2.74. The van der Waals surface area contributed by atoms with Crippen LogP contribution in [0.2, 0.25) is 0 Å². The van der Waals surface area contributed by atoms with Crippen molar-refractivity contribution < 1.29 is 23.8 Å². The van der Waals surface area contributed by atoms with Crippen LogP contribution in [-0.4, -0.2) is 24.5 Å². The molecule has 1 aromatic heterocycles. The van der Waals surface area contributed by atoms with Crippen molar-refractivity contribution in [1.29, 1.82) is 0 Å². The molecule has 1 aliphatic rings. The van der Waals surface area contributed by atoms with E-state index in [0.717, 1.165) is 34.6 Å². The predicted molar refractivity (Wildman–Crippen MR) is 94.8 cm³/mol. The minimum absolute atomic E-state index is 0.0624. The fraction of sp³-hybridized carbons (Fsp3) is 0.368. The summed E-state index contributed by atoms with van der Waals surface area (Å²) in [6.45, 7) is 6.02. The first-order valence-corrected chi connectivity index (χ1v) is 9.02. The second kappa shape index (κ2) is 7.27. The number of carbonyl (C=O) groups is 2. The minimum atomic E-state index is -0.449. The molecule has 0 fully saturated rings. The Hall–Kier alpha value is -2.34. The molecular formula is C19H20O5S. The van der Waals surface area contributed by atoms with Gasteiger partial charge in [0.2, 0.25) is 0 Å². The van der Waals surface area contributed by atoms with Crippen molar-refractivity contribution in [2.24, 2.45) is 0 Å². The number of hydrogen-bond donors (Lipinski definition) is 0. The Morgan fingerprint density at radius 1 is 1.28 bits per heavy atom. The van der Waals surface area contributed by atoms with E-state index >= 15 is 0 Å². The molecule has 0 aliphatic carbocycles. The molecule has 0 radical (unpaired) electrons. The maximum atomic E-state index is 12.2. The predicted octanol–water partition coefficient (Wildman–Crippen LogP) is 4.03. The molecule has 1 unspecified atom stereocenters. The number of esters is 1. The Kier molecular flexibility index (Phi) is 5.08. The number of thiophene rings is 1. The standard InChI is InChI=1S/C19H20O5S/c1-4-22-15-8-13-7-11(2)24-16(13)9-14(15)10-23-19(21)18-6-5-17(25-18)12(3)20/h5-6,8-9,11H,4,7,10H2,1-3H3. The van der Waals surface area contributed by atoms with Gasteiger partial charge in [-0.1, -0.05) is 0 Å². The lowest BCUT2D eigenvalue weighted by molar-refractivity contribution is 0.0475. The summed E-state index contributed by atoms with van der Waals surface area (Å²) in [4.78, 5) is 24.5. The lowest BCUT2D eigenvalue weighted by Gasteiger charge is -2.12. The van der Waals surface area contributed by atoms with Gasteiger partial charge in [0.05, 0.1) is 11.5 Å². The average molecular weight is 360 g/mol. The van der Waals surface area contributed by atoms with Crippen LogP contribution in [0.4, 0.5) is 0 Å². The zero-order valence-electron chi connectivity index (χ0n) is 14.5. The lowest BCUT2D eigenvalue weighted by atomic mass is 10.1. The zero-order chi connectivity index (χ0) is 18.0. The number of ketones is 1. The second-order valence-electron chi connectivity index (χ2n) is 5.93. The van der Waals surface area contributed by atoms with Gasteiger partial charge in [0.15, 0.2) is 5.78 Å². The highest BCUT2D eigenvalue weighted by Gasteiger charge is 2.22. The average Bonchev–Trinajstić information content (AvgIpc) is 3.18. The maximum absolute atomic E-state index is 12.2. The summed E-state index contributed by atoms with van der Waals surface area (Å²) in [7, 11) is 0. The molecule has 0 saturated heterocycles. The Balaban J connectivity index is 1.74. The monoisotopic (exact) mass is 360 g/mol. The molecule has 1 aromatic carbocycles. The van der Waals surface area contributed by atoms with E-state index in [2.05, 4.69) is 0 Å². The van der Waals surface area contributed by atoms with E-state index in [4.69, 9.17) is 14.2 Å². The summed E-state index contributed by atoms with van der Waals surface area (Å²) in [6.07, 6.45) is 0.983. The first-order chi connectivity index (χ1) is 12.0. The molecule has 6 heteroatoms. The van der Waals surface area contributed by atoms with Gasteiger partial charge in [-0.05, 0) is 45.0 Å². The van der Waals surface area contributed by atoms with Crippen molar-refractivity contribution >= 4 is 23.1 Å². The van der Waals surface area contributed by atoms with E-state index in [1.54, 1.807) is 12.1 Å². The molecule has 3 rings (SSSR count). The van der Waals surface area contributed by atoms with Crippen molar-refractivity contribution in [2.75, 3.05) is 6.61 Å². The van der Waals surface area contributed by atoms with Crippen LogP contribution in [0.1, 0.15) is 51.2 Å². The number of fused-ring (bicyclic) bond motifs is 1. The molecule has 0 N–H and O–H groups in total. The largest absolute Gasteiger partial charge is 0.493 e. The van der Waals surface area contributed by atoms with Crippen molar-refractivity contribution in [3.63, 3.8) is 0 Å². The Morgan fingerprint density at radius 2 is 2.04 bits per heavy atom. The van der Waals surface area contributed by atoms with Crippen LogP contribution in [0.25, 0.3) is 0 Å². The molecule has 0 spiro atoms. The number of rotatable bonds is 6. The quantitative estimate of drug-likeness (QED) is 0.575. The van der Waals surface area contributed by atoms with E-state index in [1.807, 2.05) is 26.0 Å². The van der Waals surface area contributed by atoms with E-state index in [0.29, 0.717) is 22.1 Å². The highest BCUT2D eigenvalue weighted by molar-refractivity contribution is 7.15. The topological polar surface area (TPSA) is 61.8 Å². The normalized spacial score (nSPS) is 15.4. The third-order valence-corrected chi connectivity index (χ3v) is 5.06. The summed E-state index contributed by atoms with van der Waals surface area (Å²) in [5.74, 6) is 1.02. The molecule has 5 nitrogen and oxygen atoms in total. The van der Waals surface area contributed by atoms with E-state index < -0.39 is 5.97 Å². The molecule has 132 valence electrons. The third kappa shape index (κ3) is 3.85. The van der Waals surface area contributed by atoms with Crippen LogP contribution in [0.3, 0.4) is 0 Å². The van der Waals surface area contributed by atoms with Crippen LogP contribution < -0.4 is 9.47 Å². The summed E-state index contributed by atoms with van der Waals surface area (Å²) >= 11 is 1.14. The lowest BCUT2D eigenvalue weighted by Crippen LogP contribution is -2.06. The minimum Gasteiger partial charge on any atom is -0.493 e. The Bertz CT molecular complexity index is 808. The van der Waals surface area contributed by atoms with Gasteiger partial charge in [0.25, 0.3) is 0 Å². The van der Waals surface area contributed by atoms with Gasteiger partial charge in [-0.15, -0.1) is 11.3 Å². The summed E-state index contributed by atoms with van der Waals surface area (Å²) in [5.41, 5.74) is 1.88. The molecule has 0 bridgehead atoms. The van der Waals surface area contributed by atoms with Gasteiger partial charge >= 0.3 is 5.97 Å². The number of carbonyl (C=O) groups excluding carboxylic acids is 2. The van der Waals surface area contributed by atoms with E-state index in [1.165, 1.54) is 6.92 Å². The van der Waals surface area contributed by atoms with Gasteiger partial charge in [0, 0.05) is 17.5 Å². The molecule has 0 amide bonds. The SMILES string of the molecule is CCOc1cc2c(cc1COC(=O)c1ccc(C(C)=O)s1)OC(C)C2. The van der Waals surface area contributed by atoms with Crippen LogP contribution in [0.5, 0.6) is 11.5 Å². The van der Waals surface area contributed by atoms with Crippen LogP contribution in [0, 0.1) is 0 Å². The highest BCUT2D eigenvalue weighted by atomic mass is 32.1. The van der Waals surface area contributed by atoms with Crippen molar-refractivity contribution in [2.45, 2.75) is 39.9 Å². The third-order valence-electron chi connectivity index (χ3n) is 3.89. The molecule has 25 heavy (non-hydrogen) atoms. The molecule has 1 aliphatic heterocycles. The number of hydrogen-bond acceptors (Lipinski definition) is 6. The number of benzene rings is 1. The van der Waals surface area contributed by atoms with Crippen LogP contribution >= 0.6 is 11.3 Å². The Morgan fingerprint density at radius 3 is 2.72 bits per heavy atom. The van der Waals surface area contributed by atoms with Crippen molar-refractivity contribution in [3.8, 4) is 11.5 Å². The first-order valence-electron chi connectivity index (χ1n) is 8.21. The van der Waals surface area contributed by atoms with E-state index in [9.17, 15) is 9.59 Å². The molecule has 2 aromatic rings. The first kappa shape index (κ1) is 17.5. The maximum Gasteiger partial charge on any atom is 0.348 e. The molecular weight excluding hydrogens is 340 g/mol. The molecule has 2 heterocycles. The van der Waals surface area contributed by atoms with E-state index in [-0.39, 0.29) is 18.5 Å². The van der Waals surface area contributed by atoms with Crippen LogP contribution in [-0.2, 0) is 17.8 Å². The van der Waals surface area contributed by atoms with Crippen molar-refractivity contribution in [1.82, 2.24) is 0 Å². The smallest absolute Gasteiger partial charge is 0.348 e. The summed E-state index contributed by atoms with van der Waals surface area (Å²) in [6, 6.07) is 7.09. The van der Waals surface area contributed by atoms with Gasteiger partial charge in [-0.2, -0.15) is 0 Å². The fourth-order valence-corrected chi connectivity index (χ4v) is 3.53. The summed E-state index contributed by atoms with van der Waals surface area (Å²) in [5, 5.41) is 0. The number of ether oxygens (including phenoxy) is 3.